The molecule has 0 aliphatic heterocycles. The van der Waals surface area contributed by atoms with Crippen LogP contribution >= 0.6 is 0 Å². The van der Waals surface area contributed by atoms with Gasteiger partial charge >= 0.3 is 16.2 Å². The summed E-state index contributed by atoms with van der Waals surface area (Å²) in [7, 11) is -1.15. The van der Waals surface area contributed by atoms with Crippen molar-refractivity contribution in [3.8, 4) is 11.5 Å². The zero-order valence-electron chi connectivity index (χ0n) is 14.8. The number of pyridine rings is 1. The summed E-state index contributed by atoms with van der Waals surface area (Å²) in [5, 5.41) is 9.55. The quantitative estimate of drug-likeness (QED) is 0.749. The van der Waals surface area contributed by atoms with Crippen molar-refractivity contribution < 1.29 is 18.3 Å². The van der Waals surface area contributed by atoms with E-state index in [1.165, 1.54) is 26.4 Å². The number of hydrogen-bond acceptors (Lipinski definition) is 5. The second-order valence-electron chi connectivity index (χ2n) is 6.15. The lowest BCUT2D eigenvalue weighted by atomic mass is 10.1. The van der Waals surface area contributed by atoms with E-state index in [9.17, 15) is 18.3 Å². The standard InChI is InChI=1S/C17H18N4O4S/c1-10-8-12(17(22)23)15(18-9-10)16-19-14-11(2)6-5-7-13(14)21(16)26(24,25)20(3)4/h5-9H,1-4H3,(H,22,23). The van der Waals surface area contributed by atoms with Gasteiger partial charge in [0.2, 0.25) is 0 Å². The van der Waals surface area contributed by atoms with Crippen molar-refractivity contribution >= 4 is 27.2 Å². The third-order valence-electron chi connectivity index (χ3n) is 4.00. The molecule has 2 aromatic heterocycles. The average Bonchev–Trinajstić information content (AvgIpc) is 2.96. The molecule has 0 spiro atoms. The molecule has 3 aromatic rings. The van der Waals surface area contributed by atoms with E-state index >= 15 is 0 Å². The molecular formula is C17H18N4O4S. The number of carboxylic acids is 1. The number of aryl methyl sites for hydroxylation is 2. The molecule has 0 aliphatic rings. The fourth-order valence-electron chi connectivity index (χ4n) is 2.67. The lowest BCUT2D eigenvalue weighted by Gasteiger charge is -2.16. The van der Waals surface area contributed by atoms with Crippen LogP contribution in [0.15, 0.2) is 30.5 Å². The fraction of sp³-hybridized carbons (Fsp3) is 0.235. The van der Waals surface area contributed by atoms with Gasteiger partial charge in [-0.25, -0.2) is 13.8 Å². The molecule has 0 saturated carbocycles. The lowest BCUT2D eigenvalue weighted by molar-refractivity contribution is 0.0697. The molecular weight excluding hydrogens is 356 g/mol. The molecule has 0 saturated heterocycles. The summed E-state index contributed by atoms with van der Waals surface area (Å²) in [4.78, 5) is 20.3. The minimum absolute atomic E-state index is 0.00382. The number of rotatable bonds is 4. The highest BCUT2D eigenvalue weighted by molar-refractivity contribution is 7.87. The van der Waals surface area contributed by atoms with E-state index in [0.29, 0.717) is 16.6 Å². The summed E-state index contributed by atoms with van der Waals surface area (Å²) in [6, 6.07) is 6.62. The Bertz CT molecular complexity index is 1130. The van der Waals surface area contributed by atoms with E-state index in [1.54, 1.807) is 19.1 Å². The molecule has 9 heteroatoms. The van der Waals surface area contributed by atoms with Crippen molar-refractivity contribution in [2.24, 2.45) is 0 Å². The van der Waals surface area contributed by atoms with Gasteiger partial charge in [0.1, 0.15) is 5.69 Å². The smallest absolute Gasteiger partial charge is 0.338 e. The van der Waals surface area contributed by atoms with Crippen LogP contribution in [0.25, 0.3) is 22.6 Å². The first-order valence-electron chi connectivity index (χ1n) is 7.76. The van der Waals surface area contributed by atoms with Gasteiger partial charge in [-0.15, -0.1) is 0 Å². The number of carboxylic acid groups (broad SMARTS) is 1. The van der Waals surface area contributed by atoms with E-state index in [-0.39, 0.29) is 17.1 Å². The minimum Gasteiger partial charge on any atom is -0.478 e. The second-order valence-corrected chi connectivity index (χ2v) is 8.14. The number of aromatic carboxylic acids is 1. The number of benzene rings is 1. The highest BCUT2D eigenvalue weighted by Crippen LogP contribution is 2.30. The van der Waals surface area contributed by atoms with Crippen molar-refractivity contribution in [1.82, 2.24) is 18.2 Å². The van der Waals surface area contributed by atoms with Gasteiger partial charge in [-0.3, -0.25) is 4.98 Å². The zero-order valence-corrected chi connectivity index (χ0v) is 15.6. The summed E-state index contributed by atoms with van der Waals surface area (Å²) in [5.41, 5.74) is 2.18. The largest absolute Gasteiger partial charge is 0.478 e. The molecule has 0 amide bonds. The number of para-hydroxylation sites is 1. The summed E-state index contributed by atoms with van der Waals surface area (Å²) in [6.45, 7) is 3.53. The van der Waals surface area contributed by atoms with Crippen molar-refractivity contribution in [2.45, 2.75) is 13.8 Å². The Morgan fingerprint density at radius 1 is 1.23 bits per heavy atom. The van der Waals surface area contributed by atoms with Crippen LogP contribution in [0.5, 0.6) is 0 Å². The molecule has 0 unspecified atom stereocenters. The predicted molar refractivity (Wildman–Crippen MR) is 97.4 cm³/mol. The van der Waals surface area contributed by atoms with Gasteiger partial charge in [-0.1, -0.05) is 12.1 Å². The van der Waals surface area contributed by atoms with Crippen LogP contribution in [-0.4, -0.2) is 51.8 Å². The molecule has 0 aliphatic carbocycles. The molecule has 26 heavy (non-hydrogen) atoms. The van der Waals surface area contributed by atoms with Crippen LogP contribution in [0.1, 0.15) is 21.5 Å². The molecule has 0 bridgehead atoms. The lowest BCUT2D eigenvalue weighted by Crippen LogP contribution is -2.29. The first-order valence-corrected chi connectivity index (χ1v) is 9.15. The van der Waals surface area contributed by atoms with Crippen LogP contribution < -0.4 is 0 Å². The second kappa shape index (κ2) is 6.19. The number of nitrogens with zero attached hydrogens (tertiary/aromatic N) is 4. The SMILES string of the molecule is Cc1cnc(-c2nc3c(C)cccc3n2S(=O)(=O)N(C)C)c(C(=O)O)c1. The Morgan fingerprint density at radius 3 is 2.54 bits per heavy atom. The van der Waals surface area contributed by atoms with Crippen molar-refractivity contribution in [2.75, 3.05) is 14.1 Å². The summed E-state index contributed by atoms with van der Waals surface area (Å²) < 4.78 is 28.0. The van der Waals surface area contributed by atoms with Crippen LogP contribution in [0, 0.1) is 13.8 Å². The van der Waals surface area contributed by atoms with E-state index in [4.69, 9.17) is 0 Å². The van der Waals surface area contributed by atoms with E-state index in [1.807, 2.05) is 13.0 Å². The van der Waals surface area contributed by atoms with Gasteiger partial charge < -0.3 is 5.11 Å². The molecule has 1 N–H and O–H groups in total. The Morgan fingerprint density at radius 2 is 1.92 bits per heavy atom. The van der Waals surface area contributed by atoms with Gasteiger partial charge in [0.05, 0.1) is 16.6 Å². The summed E-state index contributed by atoms with van der Waals surface area (Å²) in [5.74, 6) is -1.23. The maximum Gasteiger partial charge on any atom is 0.338 e. The van der Waals surface area contributed by atoms with Gasteiger partial charge in [-0.2, -0.15) is 12.7 Å². The normalized spacial score (nSPS) is 12.0. The fourth-order valence-corrected chi connectivity index (χ4v) is 3.74. The molecule has 8 nitrogen and oxygen atoms in total. The van der Waals surface area contributed by atoms with E-state index in [2.05, 4.69) is 9.97 Å². The van der Waals surface area contributed by atoms with Crippen LogP contribution in [0.3, 0.4) is 0 Å². The van der Waals surface area contributed by atoms with Crippen molar-refractivity contribution in [1.29, 1.82) is 0 Å². The zero-order chi connectivity index (χ0) is 19.2. The minimum atomic E-state index is -3.95. The predicted octanol–water partition coefficient (Wildman–Crippen LogP) is 2.07. The third-order valence-corrected chi connectivity index (χ3v) is 5.76. The molecule has 0 radical (unpaired) electrons. The van der Waals surface area contributed by atoms with Crippen molar-refractivity contribution in [3.63, 3.8) is 0 Å². The third kappa shape index (κ3) is 2.74. The van der Waals surface area contributed by atoms with Gasteiger partial charge in [-0.05, 0) is 37.1 Å². The molecule has 136 valence electrons. The maximum absolute atomic E-state index is 12.9. The van der Waals surface area contributed by atoms with Crippen LogP contribution in [-0.2, 0) is 10.2 Å². The summed E-state index contributed by atoms with van der Waals surface area (Å²) >= 11 is 0. The molecule has 1 aromatic carbocycles. The van der Waals surface area contributed by atoms with Crippen LogP contribution in [0.4, 0.5) is 0 Å². The molecule has 3 rings (SSSR count). The van der Waals surface area contributed by atoms with Gasteiger partial charge in [0, 0.05) is 20.3 Å². The Balaban J connectivity index is 2.49. The highest BCUT2D eigenvalue weighted by atomic mass is 32.2. The monoisotopic (exact) mass is 374 g/mol. The molecule has 0 fully saturated rings. The Hall–Kier alpha value is -2.78. The Kier molecular flexibility index (Phi) is 4.29. The first kappa shape index (κ1) is 18.0. The number of aromatic nitrogens is 3. The number of fused-ring (bicyclic) bond motifs is 1. The van der Waals surface area contributed by atoms with Crippen molar-refractivity contribution in [3.05, 3.63) is 47.2 Å². The van der Waals surface area contributed by atoms with Gasteiger partial charge in [0.25, 0.3) is 0 Å². The van der Waals surface area contributed by atoms with E-state index in [0.717, 1.165) is 13.8 Å². The van der Waals surface area contributed by atoms with E-state index < -0.39 is 16.2 Å². The molecule has 2 heterocycles. The number of hydrogen-bond donors (Lipinski definition) is 1. The number of carbonyl (C=O) groups is 1. The maximum atomic E-state index is 12.9. The topological polar surface area (TPSA) is 105 Å². The highest BCUT2D eigenvalue weighted by Gasteiger charge is 2.28. The Labute approximate surface area is 150 Å². The molecule has 0 atom stereocenters. The van der Waals surface area contributed by atoms with Gasteiger partial charge in [0.15, 0.2) is 5.82 Å². The number of imidazole rings is 1. The summed E-state index contributed by atoms with van der Waals surface area (Å²) in [6.07, 6.45) is 1.49. The van der Waals surface area contributed by atoms with Crippen LogP contribution in [0.2, 0.25) is 0 Å². The first-order chi connectivity index (χ1) is 12.1. The average molecular weight is 374 g/mol.